The van der Waals surface area contributed by atoms with Crippen LogP contribution in [0, 0.1) is 0 Å². The molecule has 0 radical (unpaired) electrons. The Kier molecular flexibility index (Phi) is 5.21. The maximum atomic E-state index is 12.3. The van der Waals surface area contributed by atoms with Gasteiger partial charge in [-0.25, -0.2) is 9.78 Å². The minimum absolute atomic E-state index is 0.0264. The van der Waals surface area contributed by atoms with Crippen LogP contribution in [0.2, 0.25) is 0 Å². The number of carbonyl (C=O) groups excluding carboxylic acids is 1. The molecule has 7 heteroatoms. The molecule has 1 aromatic carbocycles. The number of methoxy groups -OCH3 is 1. The molecule has 0 unspecified atom stereocenters. The van der Waals surface area contributed by atoms with Gasteiger partial charge in [-0.1, -0.05) is 25.0 Å². The summed E-state index contributed by atoms with van der Waals surface area (Å²) in [6, 6.07) is 7.76. The predicted molar refractivity (Wildman–Crippen MR) is 94.5 cm³/mol. The third-order valence-corrected chi connectivity index (χ3v) is 5.02. The highest BCUT2D eigenvalue weighted by molar-refractivity contribution is 5.74. The highest BCUT2D eigenvalue weighted by Crippen LogP contribution is 2.41. The van der Waals surface area contributed by atoms with E-state index in [2.05, 4.69) is 37.9 Å². The van der Waals surface area contributed by atoms with E-state index in [1.165, 1.54) is 24.7 Å². The second-order valence-electron chi connectivity index (χ2n) is 6.64. The third-order valence-electron chi connectivity index (χ3n) is 5.02. The molecule has 1 aromatic heterocycles. The number of hydrogen-bond donors (Lipinski definition) is 3. The van der Waals surface area contributed by atoms with Crippen molar-refractivity contribution in [1.82, 2.24) is 25.8 Å². The van der Waals surface area contributed by atoms with Crippen LogP contribution in [0.1, 0.15) is 50.0 Å². The Morgan fingerprint density at radius 2 is 2.20 bits per heavy atom. The van der Waals surface area contributed by atoms with Crippen molar-refractivity contribution < 1.29 is 9.53 Å². The lowest BCUT2D eigenvalue weighted by atomic mass is 9.78. The van der Waals surface area contributed by atoms with Crippen LogP contribution >= 0.6 is 0 Å². The summed E-state index contributed by atoms with van der Waals surface area (Å²) in [5.74, 6) is 1.49. The van der Waals surface area contributed by atoms with Crippen LogP contribution < -0.4 is 15.4 Å². The van der Waals surface area contributed by atoms with Crippen LogP contribution in [-0.2, 0) is 5.41 Å². The van der Waals surface area contributed by atoms with Gasteiger partial charge in [0.2, 0.25) is 0 Å². The van der Waals surface area contributed by atoms with E-state index in [4.69, 9.17) is 4.74 Å². The molecule has 3 N–H and O–H groups in total. The van der Waals surface area contributed by atoms with Gasteiger partial charge in [-0.05, 0) is 37.5 Å². The van der Waals surface area contributed by atoms with E-state index < -0.39 is 0 Å². The van der Waals surface area contributed by atoms with E-state index in [9.17, 15) is 4.79 Å². The number of H-pyrrole nitrogens is 1. The molecule has 25 heavy (non-hydrogen) atoms. The topological polar surface area (TPSA) is 91.9 Å². The van der Waals surface area contributed by atoms with Crippen molar-refractivity contribution in [1.29, 1.82) is 0 Å². The molecule has 0 spiro atoms. The van der Waals surface area contributed by atoms with Crippen LogP contribution in [0.4, 0.5) is 4.79 Å². The molecule has 0 aliphatic heterocycles. The van der Waals surface area contributed by atoms with E-state index in [-0.39, 0.29) is 17.5 Å². The lowest BCUT2D eigenvalue weighted by Crippen LogP contribution is -2.44. The molecular weight excluding hydrogens is 318 g/mol. The highest BCUT2D eigenvalue weighted by atomic mass is 16.5. The van der Waals surface area contributed by atoms with Gasteiger partial charge in [0.05, 0.1) is 13.2 Å². The van der Waals surface area contributed by atoms with Crippen molar-refractivity contribution >= 4 is 6.03 Å². The fourth-order valence-electron chi connectivity index (χ4n) is 3.56. The summed E-state index contributed by atoms with van der Waals surface area (Å²) >= 11 is 0. The largest absolute Gasteiger partial charge is 0.497 e. The Morgan fingerprint density at radius 1 is 1.40 bits per heavy atom. The standard InChI is InChI=1S/C18H25N5O2/c1-13(16-20-12-21-23-16)22-17(24)19-11-18(8-3-4-9-18)14-6-5-7-15(10-14)25-2/h5-7,10,12-13H,3-4,8-9,11H2,1-2H3,(H2,19,22,24)(H,20,21,23)/t13-/m0/s1. The monoisotopic (exact) mass is 343 g/mol. The van der Waals surface area contributed by atoms with Gasteiger partial charge >= 0.3 is 6.03 Å². The van der Waals surface area contributed by atoms with Crippen molar-refractivity contribution in [3.05, 3.63) is 42.0 Å². The zero-order chi connectivity index (χ0) is 17.7. The minimum Gasteiger partial charge on any atom is -0.497 e. The van der Waals surface area contributed by atoms with Gasteiger partial charge in [0.25, 0.3) is 0 Å². The number of amides is 2. The van der Waals surface area contributed by atoms with Crippen molar-refractivity contribution in [3.63, 3.8) is 0 Å². The number of carbonyl (C=O) groups is 1. The molecule has 1 aliphatic carbocycles. The number of hydrogen-bond acceptors (Lipinski definition) is 4. The van der Waals surface area contributed by atoms with Crippen molar-refractivity contribution in [2.24, 2.45) is 0 Å². The first-order valence-corrected chi connectivity index (χ1v) is 8.67. The summed E-state index contributed by atoms with van der Waals surface area (Å²) < 4.78 is 5.36. The van der Waals surface area contributed by atoms with Gasteiger partial charge in [0.15, 0.2) is 0 Å². The molecule has 1 heterocycles. The van der Waals surface area contributed by atoms with E-state index >= 15 is 0 Å². The van der Waals surface area contributed by atoms with Crippen molar-refractivity contribution in [3.8, 4) is 5.75 Å². The van der Waals surface area contributed by atoms with Crippen LogP contribution in [-0.4, -0.2) is 34.9 Å². The zero-order valence-electron chi connectivity index (χ0n) is 14.7. The maximum Gasteiger partial charge on any atom is 0.315 e. The summed E-state index contributed by atoms with van der Waals surface area (Å²) in [5.41, 5.74) is 1.20. The molecule has 2 aromatic rings. The highest BCUT2D eigenvalue weighted by Gasteiger charge is 2.36. The van der Waals surface area contributed by atoms with Crippen LogP contribution in [0.5, 0.6) is 5.75 Å². The van der Waals surface area contributed by atoms with Gasteiger partial charge in [-0.15, -0.1) is 0 Å². The van der Waals surface area contributed by atoms with E-state index in [0.717, 1.165) is 18.6 Å². The molecule has 7 nitrogen and oxygen atoms in total. The summed E-state index contributed by atoms with van der Waals surface area (Å²) in [4.78, 5) is 16.4. The quantitative estimate of drug-likeness (QED) is 0.752. The Hall–Kier alpha value is -2.57. The summed E-state index contributed by atoms with van der Waals surface area (Å²) in [6.07, 6.45) is 5.92. The second-order valence-corrected chi connectivity index (χ2v) is 6.64. The first-order valence-electron chi connectivity index (χ1n) is 8.67. The number of rotatable bonds is 6. The van der Waals surface area contributed by atoms with Crippen molar-refractivity contribution in [2.75, 3.05) is 13.7 Å². The van der Waals surface area contributed by atoms with E-state index in [1.54, 1.807) is 7.11 Å². The lowest BCUT2D eigenvalue weighted by molar-refractivity contribution is 0.233. The Morgan fingerprint density at radius 3 is 2.88 bits per heavy atom. The van der Waals surface area contributed by atoms with Crippen LogP contribution in [0.15, 0.2) is 30.6 Å². The van der Waals surface area contributed by atoms with Gasteiger partial charge in [0, 0.05) is 12.0 Å². The minimum atomic E-state index is -0.223. The number of ether oxygens (including phenoxy) is 1. The number of nitrogens with zero attached hydrogens (tertiary/aromatic N) is 2. The average Bonchev–Trinajstić information content (AvgIpc) is 3.32. The number of aromatic amines is 1. The molecule has 2 amide bonds. The number of benzene rings is 1. The normalized spacial score (nSPS) is 17.0. The molecule has 0 saturated heterocycles. The SMILES string of the molecule is COc1cccc(C2(CNC(=O)N[C@@H](C)c3ncn[nH]3)CCCC2)c1. The van der Waals surface area contributed by atoms with Gasteiger partial charge in [-0.3, -0.25) is 5.10 Å². The molecule has 1 fully saturated rings. The lowest BCUT2D eigenvalue weighted by Gasteiger charge is -2.30. The number of aromatic nitrogens is 3. The molecule has 0 bridgehead atoms. The summed E-state index contributed by atoms with van der Waals surface area (Å²) in [5, 5.41) is 12.5. The number of urea groups is 1. The average molecular weight is 343 g/mol. The van der Waals surface area contributed by atoms with Gasteiger partial charge < -0.3 is 15.4 Å². The molecule has 3 rings (SSSR count). The Balaban J connectivity index is 1.65. The van der Waals surface area contributed by atoms with E-state index in [1.807, 2.05) is 19.1 Å². The zero-order valence-corrected chi connectivity index (χ0v) is 14.7. The molecule has 1 saturated carbocycles. The molecule has 1 atom stereocenters. The predicted octanol–water partition coefficient (Wildman–Crippen LogP) is 2.69. The second kappa shape index (κ2) is 7.55. The van der Waals surface area contributed by atoms with Gasteiger partial charge in [-0.2, -0.15) is 5.10 Å². The molecule has 134 valence electrons. The Bertz CT molecular complexity index is 695. The van der Waals surface area contributed by atoms with Crippen LogP contribution in [0.25, 0.3) is 0 Å². The third kappa shape index (κ3) is 3.92. The first kappa shape index (κ1) is 17.3. The fourth-order valence-corrected chi connectivity index (χ4v) is 3.56. The first-order chi connectivity index (χ1) is 12.1. The molecular formula is C18H25N5O2. The summed E-state index contributed by atoms with van der Waals surface area (Å²) in [6.45, 7) is 2.47. The van der Waals surface area contributed by atoms with E-state index in [0.29, 0.717) is 12.4 Å². The molecule has 1 aliphatic rings. The number of nitrogens with one attached hydrogen (secondary N) is 3. The Labute approximate surface area is 147 Å². The van der Waals surface area contributed by atoms with Gasteiger partial charge in [0.1, 0.15) is 17.9 Å². The maximum absolute atomic E-state index is 12.3. The smallest absolute Gasteiger partial charge is 0.315 e. The fraction of sp³-hybridized carbons (Fsp3) is 0.500. The van der Waals surface area contributed by atoms with Crippen LogP contribution in [0.3, 0.4) is 0 Å². The summed E-state index contributed by atoms with van der Waals surface area (Å²) in [7, 11) is 1.68. The van der Waals surface area contributed by atoms with Crippen molar-refractivity contribution in [2.45, 2.75) is 44.1 Å².